The van der Waals surface area contributed by atoms with Crippen LogP contribution in [0.1, 0.15) is 11.4 Å². The Bertz CT molecular complexity index is 951. The highest BCUT2D eigenvalue weighted by Crippen LogP contribution is 2.17. The number of aryl methyl sites for hydroxylation is 1. The van der Waals surface area contributed by atoms with Gasteiger partial charge in [0.1, 0.15) is 5.82 Å². The quantitative estimate of drug-likeness (QED) is 0.671. The van der Waals surface area contributed by atoms with Crippen molar-refractivity contribution in [2.75, 3.05) is 12.3 Å². The largest absolute Gasteiger partial charge is 0.355 e. The summed E-state index contributed by atoms with van der Waals surface area (Å²) in [4.78, 5) is 29.8. The lowest BCUT2D eigenvalue weighted by molar-refractivity contribution is -0.118. The number of benzene rings is 1. The van der Waals surface area contributed by atoms with Crippen LogP contribution in [0, 0.1) is 12.7 Å². The van der Waals surface area contributed by atoms with Crippen LogP contribution in [0.25, 0.3) is 4.96 Å². The number of carbonyl (C=O) groups excluding carboxylic acids is 1. The summed E-state index contributed by atoms with van der Waals surface area (Å²) < 4.78 is 14.4. The number of thioether (sulfide) groups is 1. The molecule has 2 heterocycles. The predicted octanol–water partition coefficient (Wildman–Crippen LogP) is 2.65. The van der Waals surface area contributed by atoms with Crippen LogP contribution in [0.3, 0.4) is 0 Å². The van der Waals surface area contributed by atoms with Gasteiger partial charge in [0.15, 0.2) is 4.96 Å². The number of nitrogens with one attached hydrogen (secondary N) is 1. The predicted molar refractivity (Wildman–Crippen MR) is 97.9 cm³/mol. The summed E-state index contributed by atoms with van der Waals surface area (Å²) in [6.45, 7) is 2.23. The minimum atomic E-state index is -0.295. The topological polar surface area (TPSA) is 63.5 Å². The van der Waals surface area contributed by atoms with Crippen molar-refractivity contribution in [1.82, 2.24) is 14.7 Å². The van der Waals surface area contributed by atoms with Crippen molar-refractivity contribution in [3.8, 4) is 0 Å². The van der Waals surface area contributed by atoms with Crippen molar-refractivity contribution in [2.45, 2.75) is 18.2 Å². The van der Waals surface area contributed by atoms with Gasteiger partial charge < -0.3 is 5.32 Å². The summed E-state index contributed by atoms with van der Waals surface area (Å²) in [6.07, 6.45) is 0.553. The number of nitrogens with zero attached hydrogens (tertiary/aromatic N) is 2. The molecule has 3 aromatic rings. The van der Waals surface area contributed by atoms with Crippen LogP contribution in [-0.2, 0) is 11.2 Å². The number of rotatable bonds is 6. The fourth-order valence-electron chi connectivity index (χ4n) is 2.32. The standard InChI is InChI=1S/C17H16FN3O2S2/c1-11-8-16(23)21-13(9-25-17(21)20-11)6-7-19-15(22)10-24-14-4-2-12(18)3-5-14/h2-5,8-9H,6-7,10H2,1H3,(H,19,22). The number of thiazole rings is 1. The summed E-state index contributed by atoms with van der Waals surface area (Å²) in [5.74, 6) is -0.136. The van der Waals surface area contributed by atoms with Crippen LogP contribution in [0.2, 0.25) is 0 Å². The van der Waals surface area contributed by atoms with Gasteiger partial charge >= 0.3 is 0 Å². The maximum atomic E-state index is 12.8. The highest BCUT2D eigenvalue weighted by molar-refractivity contribution is 8.00. The van der Waals surface area contributed by atoms with E-state index in [-0.39, 0.29) is 23.0 Å². The molecule has 0 unspecified atom stereocenters. The molecule has 3 rings (SSSR count). The molecule has 130 valence electrons. The minimum Gasteiger partial charge on any atom is -0.355 e. The molecule has 8 heteroatoms. The summed E-state index contributed by atoms with van der Waals surface area (Å²) in [7, 11) is 0. The molecule has 0 aliphatic heterocycles. The van der Waals surface area contributed by atoms with E-state index in [0.717, 1.165) is 10.6 Å². The van der Waals surface area contributed by atoms with Crippen molar-refractivity contribution in [2.24, 2.45) is 0 Å². The highest BCUT2D eigenvalue weighted by atomic mass is 32.2. The molecule has 5 nitrogen and oxygen atoms in total. The maximum Gasteiger partial charge on any atom is 0.258 e. The first-order valence-electron chi connectivity index (χ1n) is 7.65. The Kier molecular flexibility index (Phi) is 5.50. The molecule has 0 fully saturated rings. The molecular formula is C17H16FN3O2S2. The van der Waals surface area contributed by atoms with Gasteiger partial charge in [0.05, 0.1) is 5.75 Å². The van der Waals surface area contributed by atoms with Gasteiger partial charge in [-0.3, -0.25) is 14.0 Å². The molecule has 0 bridgehead atoms. The zero-order chi connectivity index (χ0) is 17.8. The third kappa shape index (κ3) is 4.46. The van der Waals surface area contributed by atoms with Crippen LogP contribution in [-0.4, -0.2) is 27.6 Å². The van der Waals surface area contributed by atoms with Crippen molar-refractivity contribution in [3.63, 3.8) is 0 Å². The Morgan fingerprint density at radius 3 is 2.88 bits per heavy atom. The van der Waals surface area contributed by atoms with E-state index < -0.39 is 0 Å². The Labute approximate surface area is 151 Å². The van der Waals surface area contributed by atoms with Gasteiger partial charge in [0.2, 0.25) is 5.91 Å². The molecule has 0 saturated carbocycles. The number of carbonyl (C=O) groups is 1. The van der Waals surface area contributed by atoms with Gasteiger partial charge in [-0.2, -0.15) is 0 Å². The fraction of sp³-hybridized carbons (Fsp3) is 0.235. The fourth-order valence-corrected chi connectivity index (χ4v) is 4.02. The lowest BCUT2D eigenvalue weighted by atomic mass is 10.3. The minimum absolute atomic E-state index is 0.100. The maximum absolute atomic E-state index is 12.8. The van der Waals surface area contributed by atoms with E-state index in [2.05, 4.69) is 10.3 Å². The van der Waals surface area contributed by atoms with Gasteiger partial charge in [-0.05, 0) is 31.2 Å². The van der Waals surface area contributed by atoms with E-state index in [1.807, 2.05) is 5.38 Å². The summed E-state index contributed by atoms with van der Waals surface area (Å²) in [6, 6.07) is 7.53. The Balaban J connectivity index is 1.52. The first-order chi connectivity index (χ1) is 12.0. The number of fused-ring (bicyclic) bond motifs is 1. The summed E-state index contributed by atoms with van der Waals surface area (Å²) >= 11 is 2.76. The van der Waals surface area contributed by atoms with E-state index in [0.29, 0.717) is 23.6 Å². The second kappa shape index (κ2) is 7.79. The van der Waals surface area contributed by atoms with Crippen LogP contribution in [0.5, 0.6) is 0 Å². The zero-order valence-corrected chi connectivity index (χ0v) is 15.1. The van der Waals surface area contributed by atoms with Crippen LogP contribution in [0.4, 0.5) is 4.39 Å². The molecule has 1 aromatic carbocycles. The number of hydrogen-bond acceptors (Lipinski definition) is 5. The highest BCUT2D eigenvalue weighted by Gasteiger charge is 2.08. The molecule has 0 radical (unpaired) electrons. The van der Waals surface area contributed by atoms with Crippen LogP contribution >= 0.6 is 23.1 Å². The molecule has 1 amide bonds. The van der Waals surface area contributed by atoms with E-state index in [1.54, 1.807) is 23.5 Å². The second-order valence-electron chi connectivity index (χ2n) is 5.42. The lowest BCUT2D eigenvalue weighted by Gasteiger charge is -2.05. The third-order valence-electron chi connectivity index (χ3n) is 3.49. The van der Waals surface area contributed by atoms with Gasteiger partial charge in [-0.15, -0.1) is 23.1 Å². The van der Waals surface area contributed by atoms with Crippen molar-refractivity contribution in [3.05, 3.63) is 63.3 Å². The Hall–Kier alpha value is -2.19. The van der Waals surface area contributed by atoms with Crippen molar-refractivity contribution >= 4 is 34.0 Å². The van der Waals surface area contributed by atoms with Gasteiger partial charge in [0.25, 0.3) is 5.56 Å². The van der Waals surface area contributed by atoms with Crippen LogP contribution < -0.4 is 10.9 Å². The smallest absolute Gasteiger partial charge is 0.258 e. The number of aromatic nitrogens is 2. The molecule has 0 spiro atoms. The average Bonchev–Trinajstić information content (AvgIpc) is 2.97. The zero-order valence-electron chi connectivity index (χ0n) is 13.5. The first kappa shape index (κ1) is 17.6. The molecule has 25 heavy (non-hydrogen) atoms. The molecule has 0 aliphatic rings. The van der Waals surface area contributed by atoms with Gasteiger partial charge in [-0.1, -0.05) is 0 Å². The average molecular weight is 377 g/mol. The van der Waals surface area contributed by atoms with E-state index in [4.69, 9.17) is 0 Å². The first-order valence-corrected chi connectivity index (χ1v) is 9.51. The van der Waals surface area contributed by atoms with Gasteiger partial charge in [-0.25, -0.2) is 9.37 Å². The van der Waals surface area contributed by atoms with Crippen LogP contribution in [0.15, 0.2) is 45.4 Å². The summed E-state index contributed by atoms with van der Waals surface area (Å²) in [5, 5.41) is 4.72. The van der Waals surface area contributed by atoms with Crippen molar-refractivity contribution < 1.29 is 9.18 Å². The lowest BCUT2D eigenvalue weighted by Crippen LogP contribution is -2.28. The van der Waals surface area contributed by atoms with Gasteiger partial charge in [0, 0.05) is 40.7 Å². The molecule has 1 N–H and O–H groups in total. The number of amides is 1. The normalized spacial score (nSPS) is 11.0. The monoisotopic (exact) mass is 377 g/mol. The Morgan fingerprint density at radius 2 is 2.12 bits per heavy atom. The van der Waals surface area contributed by atoms with Crippen molar-refractivity contribution in [1.29, 1.82) is 0 Å². The second-order valence-corrected chi connectivity index (χ2v) is 7.31. The molecule has 0 aliphatic carbocycles. The van der Waals surface area contributed by atoms with E-state index in [9.17, 15) is 14.0 Å². The molecule has 0 saturated heterocycles. The Morgan fingerprint density at radius 1 is 1.36 bits per heavy atom. The van der Waals surface area contributed by atoms with E-state index in [1.165, 1.54) is 41.3 Å². The third-order valence-corrected chi connectivity index (χ3v) is 5.38. The number of hydrogen-bond donors (Lipinski definition) is 1. The molecule has 0 atom stereocenters. The number of halogens is 1. The molecular weight excluding hydrogens is 361 g/mol. The SMILES string of the molecule is Cc1cc(=O)n2c(CCNC(=O)CSc3ccc(F)cc3)csc2n1. The molecule has 2 aromatic heterocycles. The van der Waals surface area contributed by atoms with E-state index >= 15 is 0 Å². The summed E-state index contributed by atoms with van der Waals surface area (Å²) in [5.41, 5.74) is 1.44.